The molecule has 4 N–H and O–H groups in total. The molecule has 0 aliphatic heterocycles. The highest BCUT2D eigenvalue weighted by atomic mass is 79.9. The number of unbranched alkanes of at least 4 members (excludes halogenated alkanes) is 1. The molecular weight excluding hydrogens is 441 g/mol. The van der Waals surface area contributed by atoms with Crippen LogP contribution in [0.25, 0.3) is 0 Å². The van der Waals surface area contributed by atoms with Crippen molar-refractivity contribution in [3.8, 4) is 0 Å². The van der Waals surface area contributed by atoms with E-state index in [1.807, 2.05) is 7.05 Å². The van der Waals surface area contributed by atoms with Crippen molar-refractivity contribution in [2.75, 3.05) is 43.3 Å². The van der Waals surface area contributed by atoms with Gasteiger partial charge in [0.05, 0.1) is 10.6 Å². The fraction of sp³-hybridized carbons (Fsp3) is 0.438. The fourth-order valence-electron chi connectivity index (χ4n) is 2.15. The topological polar surface area (TPSA) is 78.1 Å². The van der Waals surface area contributed by atoms with Gasteiger partial charge in [-0.3, -0.25) is 4.72 Å². The van der Waals surface area contributed by atoms with Crippen molar-refractivity contribution in [2.45, 2.75) is 17.7 Å². The lowest BCUT2D eigenvalue weighted by atomic mass is 10.2. The predicted molar refractivity (Wildman–Crippen MR) is 111 cm³/mol. The van der Waals surface area contributed by atoms with E-state index in [0.717, 1.165) is 39.0 Å². The number of hydrogen-bond donors (Lipinski definition) is 4. The Hall–Kier alpha value is -1.07. The van der Waals surface area contributed by atoms with Gasteiger partial charge in [-0.15, -0.1) is 11.3 Å². The van der Waals surface area contributed by atoms with E-state index in [-0.39, 0.29) is 4.90 Å². The molecule has 1 aromatic carbocycles. The van der Waals surface area contributed by atoms with Crippen LogP contribution >= 0.6 is 27.3 Å². The molecule has 2 rings (SSSR count). The molecule has 1 unspecified atom stereocenters. The molecule has 0 bridgehead atoms. The Bertz CT molecular complexity index is 702. The SMILES string of the molecule is CNCCNCCCCNc1cc(F)c(S(=O)Nc2nccs2)cc1Br. The van der Waals surface area contributed by atoms with Crippen molar-refractivity contribution >= 4 is 49.1 Å². The van der Waals surface area contributed by atoms with Crippen LogP contribution in [0.5, 0.6) is 0 Å². The number of nitrogens with one attached hydrogen (secondary N) is 4. The quantitative estimate of drug-likeness (QED) is 0.363. The van der Waals surface area contributed by atoms with E-state index in [0.29, 0.717) is 15.3 Å². The van der Waals surface area contributed by atoms with E-state index in [1.165, 1.54) is 23.5 Å². The summed E-state index contributed by atoms with van der Waals surface area (Å²) in [7, 11) is 0.225. The molecule has 1 heterocycles. The summed E-state index contributed by atoms with van der Waals surface area (Å²) >= 11 is 4.73. The summed E-state index contributed by atoms with van der Waals surface area (Å²) in [5.41, 5.74) is 0.653. The summed E-state index contributed by atoms with van der Waals surface area (Å²) in [6.45, 7) is 3.61. The molecule has 0 amide bonds. The minimum Gasteiger partial charge on any atom is -0.384 e. The van der Waals surface area contributed by atoms with Crippen LogP contribution in [0, 0.1) is 5.82 Å². The highest BCUT2D eigenvalue weighted by molar-refractivity contribution is 9.10. The van der Waals surface area contributed by atoms with Crippen LogP contribution in [0.4, 0.5) is 15.2 Å². The van der Waals surface area contributed by atoms with Gasteiger partial charge in [0.15, 0.2) is 16.1 Å². The number of aromatic nitrogens is 1. The Morgan fingerprint density at radius 2 is 2.04 bits per heavy atom. The Labute approximate surface area is 168 Å². The van der Waals surface area contributed by atoms with Crippen molar-refractivity contribution in [3.63, 3.8) is 0 Å². The van der Waals surface area contributed by atoms with E-state index >= 15 is 0 Å². The first-order chi connectivity index (χ1) is 12.6. The second kappa shape index (κ2) is 11.6. The smallest absolute Gasteiger partial charge is 0.194 e. The van der Waals surface area contributed by atoms with E-state index < -0.39 is 16.8 Å². The number of thiazole rings is 1. The number of anilines is 2. The van der Waals surface area contributed by atoms with Crippen LogP contribution in [-0.4, -0.2) is 42.4 Å². The normalized spacial score (nSPS) is 12.1. The summed E-state index contributed by atoms with van der Waals surface area (Å²) in [4.78, 5) is 4.08. The van der Waals surface area contributed by atoms with Crippen LogP contribution in [0.1, 0.15) is 12.8 Å². The van der Waals surface area contributed by atoms with Gasteiger partial charge in [0.2, 0.25) is 0 Å². The molecule has 26 heavy (non-hydrogen) atoms. The van der Waals surface area contributed by atoms with Gasteiger partial charge in [-0.25, -0.2) is 13.6 Å². The summed E-state index contributed by atoms with van der Waals surface area (Å²) in [5.74, 6) is -0.521. The summed E-state index contributed by atoms with van der Waals surface area (Å²) in [5, 5.41) is 11.9. The van der Waals surface area contributed by atoms with Gasteiger partial charge in [0.1, 0.15) is 5.82 Å². The molecule has 0 saturated heterocycles. The van der Waals surface area contributed by atoms with Gasteiger partial charge in [-0.1, -0.05) is 0 Å². The number of hydrogen-bond acceptors (Lipinski definition) is 6. The second-order valence-corrected chi connectivity index (χ2v) is 8.39. The molecule has 10 heteroatoms. The minimum atomic E-state index is -1.70. The number of halogens is 2. The standard InChI is InChI=1S/C16H23BrFN5OS2/c1-19-6-7-20-4-2-3-5-21-14-11-13(18)15(10-12(14)17)26(24)23-16-22-8-9-25-16/h8-11,19-21H,2-7H2,1H3,(H,22,23). The fourth-order valence-corrected chi connectivity index (χ4v) is 4.36. The zero-order valence-corrected chi connectivity index (χ0v) is 17.7. The van der Waals surface area contributed by atoms with Crippen LogP contribution in [0.2, 0.25) is 0 Å². The molecule has 0 aliphatic carbocycles. The van der Waals surface area contributed by atoms with Crippen molar-refractivity contribution in [2.24, 2.45) is 0 Å². The average molecular weight is 464 g/mol. The molecule has 144 valence electrons. The predicted octanol–water partition coefficient (Wildman–Crippen LogP) is 3.18. The van der Waals surface area contributed by atoms with E-state index in [2.05, 4.69) is 41.6 Å². The third-order valence-electron chi connectivity index (χ3n) is 3.48. The third-order valence-corrected chi connectivity index (χ3v) is 6.05. The molecular formula is C16H23BrFN5OS2. The Balaban J connectivity index is 1.81. The van der Waals surface area contributed by atoms with Crippen molar-refractivity contribution in [1.82, 2.24) is 15.6 Å². The van der Waals surface area contributed by atoms with Crippen molar-refractivity contribution in [1.29, 1.82) is 0 Å². The molecule has 0 radical (unpaired) electrons. The third kappa shape index (κ3) is 6.92. The summed E-state index contributed by atoms with van der Waals surface area (Å²) < 4.78 is 30.0. The molecule has 0 spiro atoms. The first kappa shape index (κ1) is 21.2. The van der Waals surface area contributed by atoms with Crippen LogP contribution in [0.15, 0.2) is 33.1 Å². The lowest BCUT2D eigenvalue weighted by Crippen LogP contribution is -2.25. The first-order valence-electron chi connectivity index (χ1n) is 8.28. The highest BCUT2D eigenvalue weighted by Gasteiger charge is 2.15. The summed E-state index contributed by atoms with van der Waals surface area (Å²) in [6, 6.07) is 2.90. The lowest BCUT2D eigenvalue weighted by Gasteiger charge is -2.12. The van der Waals surface area contributed by atoms with Gasteiger partial charge in [0.25, 0.3) is 0 Å². The zero-order valence-electron chi connectivity index (χ0n) is 14.5. The monoisotopic (exact) mass is 463 g/mol. The van der Waals surface area contributed by atoms with Gasteiger partial charge in [0, 0.05) is 35.7 Å². The second-order valence-electron chi connectivity index (χ2n) is 5.46. The number of likely N-dealkylation sites (N-methyl/N-ethyl adjacent to an activating group) is 1. The maximum Gasteiger partial charge on any atom is 0.194 e. The number of rotatable bonds is 12. The molecule has 6 nitrogen and oxygen atoms in total. The van der Waals surface area contributed by atoms with Gasteiger partial charge < -0.3 is 16.0 Å². The number of benzene rings is 1. The Kier molecular flexibility index (Phi) is 9.48. The largest absolute Gasteiger partial charge is 0.384 e. The maximum absolute atomic E-state index is 14.3. The molecule has 0 aliphatic rings. The molecule has 1 atom stereocenters. The molecule has 2 aromatic rings. The van der Waals surface area contributed by atoms with E-state index in [9.17, 15) is 8.60 Å². The lowest BCUT2D eigenvalue weighted by molar-refractivity contribution is 0.595. The minimum absolute atomic E-state index is 0.0892. The van der Waals surface area contributed by atoms with Crippen LogP contribution in [-0.2, 0) is 11.0 Å². The first-order valence-corrected chi connectivity index (χ1v) is 11.1. The van der Waals surface area contributed by atoms with E-state index in [4.69, 9.17) is 0 Å². The molecule has 0 saturated carbocycles. The molecule has 0 fully saturated rings. The highest BCUT2D eigenvalue weighted by Crippen LogP contribution is 2.28. The number of nitrogens with zero attached hydrogens (tertiary/aromatic N) is 1. The summed E-state index contributed by atoms with van der Waals surface area (Å²) in [6.07, 6.45) is 3.61. The van der Waals surface area contributed by atoms with E-state index in [1.54, 1.807) is 11.6 Å². The van der Waals surface area contributed by atoms with Gasteiger partial charge in [-0.05, 0) is 54.5 Å². The maximum atomic E-state index is 14.3. The Morgan fingerprint density at radius 3 is 2.77 bits per heavy atom. The average Bonchev–Trinajstić information content (AvgIpc) is 3.12. The van der Waals surface area contributed by atoms with Gasteiger partial charge in [-0.2, -0.15) is 0 Å². The van der Waals surface area contributed by atoms with Crippen molar-refractivity contribution < 1.29 is 8.60 Å². The Morgan fingerprint density at radius 1 is 1.23 bits per heavy atom. The molecule has 1 aromatic heterocycles. The van der Waals surface area contributed by atoms with Crippen LogP contribution < -0.4 is 20.7 Å². The van der Waals surface area contributed by atoms with Crippen molar-refractivity contribution in [3.05, 3.63) is 34.0 Å². The van der Waals surface area contributed by atoms with Gasteiger partial charge >= 0.3 is 0 Å². The van der Waals surface area contributed by atoms with Crippen LogP contribution in [0.3, 0.4) is 0 Å². The zero-order chi connectivity index (χ0) is 18.8.